The molecule has 2 aliphatic heterocycles. The summed E-state index contributed by atoms with van der Waals surface area (Å²) in [7, 11) is 2.24. The lowest BCUT2D eigenvalue weighted by molar-refractivity contribution is 0.0598. The molecule has 3 rings (SSSR count). The first kappa shape index (κ1) is 18.2. The van der Waals surface area contributed by atoms with Crippen LogP contribution >= 0.6 is 11.8 Å². The van der Waals surface area contributed by atoms with Gasteiger partial charge in [-0.15, -0.1) is 11.8 Å². The van der Waals surface area contributed by atoms with Crippen molar-refractivity contribution in [2.45, 2.75) is 37.2 Å². The average molecular weight is 348 g/mol. The van der Waals surface area contributed by atoms with Crippen molar-refractivity contribution in [3.05, 3.63) is 29.8 Å². The van der Waals surface area contributed by atoms with Crippen LogP contribution in [-0.4, -0.2) is 73.3 Å². The largest absolute Gasteiger partial charge is 0.304 e. The Labute approximate surface area is 152 Å². The van der Waals surface area contributed by atoms with Gasteiger partial charge in [-0.1, -0.05) is 12.1 Å². The first-order chi connectivity index (χ1) is 11.7. The Bertz CT molecular complexity index is 505. The molecule has 1 aromatic rings. The fourth-order valence-electron chi connectivity index (χ4n) is 4.15. The molecule has 1 unspecified atom stereocenters. The van der Waals surface area contributed by atoms with Crippen molar-refractivity contribution in [1.29, 1.82) is 0 Å². The topological polar surface area (TPSA) is 9.72 Å². The summed E-state index contributed by atoms with van der Waals surface area (Å²) in [5.41, 5.74) is 1.47. The minimum Gasteiger partial charge on any atom is -0.304 e. The summed E-state index contributed by atoms with van der Waals surface area (Å²) in [6.45, 7) is 11.1. The number of rotatable bonds is 5. The molecule has 2 heterocycles. The minimum atomic E-state index is 0.751. The van der Waals surface area contributed by atoms with E-state index in [-0.39, 0.29) is 0 Å². The maximum Gasteiger partial charge on any atom is 0.0234 e. The molecule has 3 nitrogen and oxygen atoms in total. The molecular formula is C20H33N3S. The predicted octanol–water partition coefficient (Wildman–Crippen LogP) is 3.26. The lowest BCUT2D eigenvalue weighted by atomic mass is 9.89. The second kappa shape index (κ2) is 8.70. The van der Waals surface area contributed by atoms with Crippen LogP contribution in [0.5, 0.6) is 0 Å². The molecule has 2 saturated heterocycles. The molecule has 0 spiro atoms. The number of hydrogen-bond donors (Lipinski definition) is 0. The lowest BCUT2D eigenvalue weighted by Gasteiger charge is -2.42. The first-order valence-corrected chi connectivity index (χ1v) is 10.7. The van der Waals surface area contributed by atoms with E-state index in [1.165, 1.54) is 62.6 Å². The maximum absolute atomic E-state index is 2.72. The van der Waals surface area contributed by atoms with Crippen LogP contribution in [0.15, 0.2) is 29.2 Å². The van der Waals surface area contributed by atoms with Gasteiger partial charge in [-0.2, -0.15) is 0 Å². The third kappa shape index (κ3) is 4.75. The van der Waals surface area contributed by atoms with Crippen LogP contribution in [-0.2, 0) is 6.54 Å². The van der Waals surface area contributed by atoms with Gasteiger partial charge in [0.1, 0.15) is 0 Å². The normalized spacial score (nSPS) is 23.5. The number of hydrogen-bond acceptors (Lipinski definition) is 4. The Hall–Kier alpha value is -0.550. The van der Waals surface area contributed by atoms with E-state index in [1.807, 2.05) is 11.8 Å². The zero-order chi connectivity index (χ0) is 16.9. The van der Waals surface area contributed by atoms with Crippen LogP contribution in [0.1, 0.15) is 25.3 Å². The fourth-order valence-corrected chi connectivity index (χ4v) is 4.63. The van der Waals surface area contributed by atoms with Crippen LogP contribution in [0.2, 0.25) is 0 Å². The van der Waals surface area contributed by atoms with Gasteiger partial charge in [-0.3, -0.25) is 9.80 Å². The summed E-state index contributed by atoms with van der Waals surface area (Å²) in [6, 6.07) is 9.78. The van der Waals surface area contributed by atoms with E-state index in [9.17, 15) is 0 Å². The molecule has 2 aliphatic rings. The third-order valence-electron chi connectivity index (χ3n) is 5.97. The van der Waals surface area contributed by atoms with Crippen LogP contribution in [0.3, 0.4) is 0 Å². The number of nitrogens with zero attached hydrogens (tertiary/aromatic N) is 3. The summed E-state index contributed by atoms with van der Waals surface area (Å²) in [5, 5.41) is 0. The van der Waals surface area contributed by atoms with Crippen molar-refractivity contribution in [3.63, 3.8) is 0 Å². The highest BCUT2D eigenvalue weighted by molar-refractivity contribution is 7.98. The van der Waals surface area contributed by atoms with Gasteiger partial charge in [0.2, 0.25) is 0 Å². The van der Waals surface area contributed by atoms with Gasteiger partial charge < -0.3 is 4.90 Å². The maximum atomic E-state index is 2.72. The van der Waals surface area contributed by atoms with E-state index in [4.69, 9.17) is 0 Å². The van der Waals surface area contributed by atoms with Gasteiger partial charge in [-0.25, -0.2) is 0 Å². The average Bonchev–Trinajstić information content (AvgIpc) is 2.62. The first-order valence-electron chi connectivity index (χ1n) is 9.43. The molecular weight excluding hydrogens is 314 g/mol. The monoisotopic (exact) mass is 347 g/mol. The predicted molar refractivity (Wildman–Crippen MR) is 105 cm³/mol. The van der Waals surface area contributed by atoms with Crippen LogP contribution < -0.4 is 0 Å². The van der Waals surface area contributed by atoms with E-state index in [0.29, 0.717) is 0 Å². The van der Waals surface area contributed by atoms with Crippen molar-refractivity contribution in [2.24, 2.45) is 5.92 Å². The van der Waals surface area contributed by atoms with E-state index < -0.39 is 0 Å². The molecule has 0 radical (unpaired) electrons. The standard InChI is InChI=1S/C20H33N3S/c1-17(23-13-11-21(2)12-14-23)19-7-9-22(10-8-19)16-18-5-4-6-20(15-18)24-3/h4-6,15,17,19H,7-14,16H2,1-3H3. The zero-order valence-electron chi connectivity index (χ0n) is 15.6. The van der Waals surface area contributed by atoms with E-state index in [2.05, 4.69) is 59.2 Å². The van der Waals surface area contributed by atoms with Gasteiger partial charge in [0.25, 0.3) is 0 Å². The molecule has 0 amide bonds. The highest BCUT2D eigenvalue weighted by Crippen LogP contribution is 2.26. The number of likely N-dealkylation sites (N-methyl/N-ethyl adjacent to an activating group) is 1. The van der Waals surface area contributed by atoms with Crippen molar-refractivity contribution in [2.75, 3.05) is 52.6 Å². The number of benzene rings is 1. The molecule has 0 bridgehead atoms. The highest BCUT2D eigenvalue weighted by Gasteiger charge is 2.29. The van der Waals surface area contributed by atoms with Gasteiger partial charge in [0.05, 0.1) is 0 Å². The molecule has 4 heteroatoms. The van der Waals surface area contributed by atoms with Gasteiger partial charge in [0.15, 0.2) is 0 Å². The Balaban J connectivity index is 1.46. The summed E-state index contributed by atoms with van der Waals surface area (Å²) in [6.07, 6.45) is 4.87. The van der Waals surface area contributed by atoms with E-state index in [0.717, 1.165) is 18.5 Å². The van der Waals surface area contributed by atoms with Crippen molar-refractivity contribution >= 4 is 11.8 Å². The summed E-state index contributed by atoms with van der Waals surface area (Å²) >= 11 is 1.84. The summed E-state index contributed by atoms with van der Waals surface area (Å²) in [5.74, 6) is 0.877. The summed E-state index contributed by atoms with van der Waals surface area (Å²) < 4.78 is 0. The Kier molecular flexibility index (Phi) is 6.62. The summed E-state index contributed by atoms with van der Waals surface area (Å²) in [4.78, 5) is 9.20. The van der Waals surface area contributed by atoms with Gasteiger partial charge in [-0.05, 0) is 69.8 Å². The SMILES string of the molecule is CSc1cccc(CN2CCC(C(C)N3CCN(C)CC3)CC2)c1. The Morgan fingerprint density at radius 3 is 2.46 bits per heavy atom. The van der Waals surface area contributed by atoms with Crippen molar-refractivity contribution in [3.8, 4) is 0 Å². The van der Waals surface area contributed by atoms with E-state index in [1.54, 1.807) is 0 Å². The molecule has 0 saturated carbocycles. The highest BCUT2D eigenvalue weighted by atomic mass is 32.2. The Morgan fingerprint density at radius 2 is 1.79 bits per heavy atom. The fraction of sp³-hybridized carbons (Fsp3) is 0.700. The number of piperidine rings is 1. The molecule has 0 aliphatic carbocycles. The second-order valence-electron chi connectivity index (χ2n) is 7.54. The molecule has 134 valence electrons. The Morgan fingerprint density at radius 1 is 1.08 bits per heavy atom. The quantitative estimate of drug-likeness (QED) is 0.756. The molecule has 2 fully saturated rings. The van der Waals surface area contributed by atoms with E-state index >= 15 is 0 Å². The van der Waals surface area contributed by atoms with Crippen molar-refractivity contribution < 1.29 is 0 Å². The number of piperazine rings is 1. The van der Waals surface area contributed by atoms with Crippen molar-refractivity contribution in [1.82, 2.24) is 14.7 Å². The molecule has 1 aromatic carbocycles. The third-order valence-corrected chi connectivity index (χ3v) is 6.69. The lowest BCUT2D eigenvalue weighted by Crippen LogP contribution is -2.51. The van der Waals surface area contributed by atoms with Crippen LogP contribution in [0.4, 0.5) is 0 Å². The molecule has 1 atom stereocenters. The number of thioether (sulfide) groups is 1. The minimum absolute atomic E-state index is 0.751. The van der Waals surface area contributed by atoms with Crippen LogP contribution in [0, 0.1) is 5.92 Å². The van der Waals surface area contributed by atoms with Crippen LogP contribution in [0.25, 0.3) is 0 Å². The number of likely N-dealkylation sites (tertiary alicyclic amines) is 1. The molecule has 24 heavy (non-hydrogen) atoms. The van der Waals surface area contributed by atoms with Gasteiger partial charge in [0, 0.05) is 43.7 Å². The molecule has 0 aromatic heterocycles. The second-order valence-corrected chi connectivity index (χ2v) is 8.42. The zero-order valence-corrected chi connectivity index (χ0v) is 16.4. The van der Waals surface area contributed by atoms with Gasteiger partial charge >= 0.3 is 0 Å². The smallest absolute Gasteiger partial charge is 0.0234 e. The molecule has 0 N–H and O–H groups in total.